The van der Waals surface area contributed by atoms with Gasteiger partial charge in [0.05, 0.1) is 16.8 Å². The number of aryl methyl sites for hydroxylation is 1. The van der Waals surface area contributed by atoms with Crippen LogP contribution in [-0.2, 0) is 0 Å². The maximum Gasteiger partial charge on any atom is 0.270 e. The van der Waals surface area contributed by atoms with Crippen LogP contribution in [0.5, 0.6) is 0 Å². The van der Waals surface area contributed by atoms with Gasteiger partial charge in [-0.05, 0) is 19.1 Å². The number of rotatable bonds is 4. The third-order valence-electron chi connectivity index (χ3n) is 2.54. The van der Waals surface area contributed by atoms with Gasteiger partial charge in [0.25, 0.3) is 5.69 Å². The number of nitro groups is 1. The smallest absolute Gasteiger partial charge is 0.270 e. The molecule has 5 nitrogen and oxygen atoms in total. The molecule has 2 aromatic rings. The van der Waals surface area contributed by atoms with Crippen molar-refractivity contribution >= 4 is 17.6 Å². The van der Waals surface area contributed by atoms with E-state index in [2.05, 4.69) is 10.5 Å². The molecule has 0 saturated heterocycles. The van der Waals surface area contributed by atoms with Gasteiger partial charge in [0.2, 0.25) is 0 Å². The fraction of sp³-hybridized carbons (Fsp3) is 0.0714. The molecule has 0 aliphatic carbocycles. The monoisotopic (exact) mass is 255 g/mol. The Morgan fingerprint density at radius 2 is 1.95 bits per heavy atom. The van der Waals surface area contributed by atoms with Crippen LogP contribution < -0.4 is 5.43 Å². The summed E-state index contributed by atoms with van der Waals surface area (Å²) >= 11 is 0. The van der Waals surface area contributed by atoms with E-state index in [0.717, 1.165) is 5.69 Å². The van der Waals surface area contributed by atoms with Gasteiger partial charge in [-0.1, -0.05) is 29.8 Å². The molecular formula is C14H13N3O2. The molecule has 96 valence electrons. The SMILES string of the molecule is Cc1ccc(N/N=C/c2cccc([N+](=O)[O-])c2)cc1. The average molecular weight is 255 g/mol. The molecule has 2 aromatic carbocycles. The van der Waals surface area contributed by atoms with Crippen LogP contribution in [0.25, 0.3) is 0 Å². The summed E-state index contributed by atoms with van der Waals surface area (Å²) in [5, 5.41) is 14.7. The molecule has 0 heterocycles. The first-order valence-corrected chi connectivity index (χ1v) is 5.75. The molecule has 0 saturated carbocycles. The molecule has 0 aliphatic rings. The fourth-order valence-electron chi connectivity index (χ4n) is 1.53. The Morgan fingerprint density at radius 3 is 2.63 bits per heavy atom. The fourth-order valence-corrected chi connectivity index (χ4v) is 1.53. The first kappa shape index (κ1) is 12.8. The standard InChI is InChI=1S/C14H13N3O2/c1-11-5-7-13(8-6-11)16-15-10-12-3-2-4-14(9-12)17(18)19/h2-10,16H,1H3/b15-10+. The van der Waals surface area contributed by atoms with E-state index < -0.39 is 4.92 Å². The second-order valence-corrected chi connectivity index (χ2v) is 4.09. The summed E-state index contributed by atoms with van der Waals surface area (Å²) in [6, 6.07) is 14.1. The highest BCUT2D eigenvalue weighted by molar-refractivity contribution is 5.81. The van der Waals surface area contributed by atoms with E-state index in [4.69, 9.17) is 0 Å². The Hall–Kier alpha value is -2.69. The lowest BCUT2D eigenvalue weighted by Crippen LogP contribution is -1.92. The van der Waals surface area contributed by atoms with Gasteiger partial charge in [0.15, 0.2) is 0 Å². The van der Waals surface area contributed by atoms with Crippen molar-refractivity contribution in [1.29, 1.82) is 0 Å². The molecule has 0 fully saturated rings. The second kappa shape index (κ2) is 5.77. The van der Waals surface area contributed by atoms with Gasteiger partial charge in [-0.15, -0.1) is 0 Å². The highest BCUT2D eigenvalue weighted by atomic mass is 16.6. The first-order valence-electron chi connectivity index (χ1n) is 5.75. The summed E-state index contributed by atoms with van der Waals surface area (Å²) in [6.07, 6.45) is 1.55. The number of hydrazone groups is 1. The average Bonchev–Trinajstić information content (AvgIpc) is 2.41. The normalized spacial score (nSPS) is 10.6. The molecule has 0 bridgehead atoms. The van der Waals surface area contributed by atoms with Crippen molar-refractivity contribution < 1.29 is 4.92 Å². The Balaban J connectivity index is 2.04. The Morgan fingerprint density at radius 1 is 1.21 bits per heavy atom. The molecule has 0 aliphatic heterocycles. The minimum atomic E-state index is -0.426. The number of hydrogen-bond acceptors (Lipinski definition) is 4. The highest BCUT2D eigenvalue weighted by Crippen LogP contribution is 2.12. The number of anilines is 1. The van der Waals surface area contributed by atoms with Gasteiger partial charge in [0, 0.05) is 17.7 Å². The summed E-state index contributed by atoms with van der Waals surface area (Å²) in [6.45, 7) is 2.01. The summed E-state index contributed by atoms with van der Waals surface area (Å²) < 4.78 is 0. The molecule has 0 radical (unpaired) electrons. The number of nitrogens with zero attached hydrogens (tertiary/aromatic N) is 2. The van der Waals surface area contributed by atoms with Gasteiger partial charge in [-0.3, -0.25) is 15.5 Å². The molecule has 0 amide bonds. The van der Waals surface area contributed by atoms with Gasteiger partial charge in [-0.2, -0.15) is 5.10 Å². The zero-order valence-corrected chi connectivity index (χ0v) is 10.4. The van der Waals surface area contributed by atoms with Crippen molar-refractivity contribution in [1.82, 2.24) is 0 Å². The van der Waals surface area contributed by atoms with E-state index in [1.165, 1.54) is 17.7 Å². The van der Waals surface area contributed by atoms with Crippen LogP contribution in [0.3, 0.4) is 0 Å². The van der Waals surface area contributed by atoms with E-state index in [0.29, 0.717) is 5.56 Å². The predicted octanol–water partition coefficient (Wildman–Crippen LogP) is 3.35. The van der Waals surface area contributed by atoms with E-state index in [-0.39, 0.29) is 5.69 Å². The maximum atomic E-state index is 10.6. The highest BCUT2D eigenvalue weighted by Gasteiger charge is 2.03. The third-order valence-corrected chi connectivity index (χ3v) is 2.54. The number of non-ortho nitro benzene ring substituents is 1. The van der Waals surface area contributed by atoms with Crippen molar-refractivity contribution in [2.24, 2.45) is 5.10 Å². The number of benzene rings is 2. The van der Waals surface area contributed by atoms with E-state index >= 15 is 0 Å². The van der Waals surface area contributed by atoms with Crippen LogP contribution in [0, 0.1) is 17.0 Å². The van der Waals surface area contributed by atoms with Crippen LogP contribution in [-0.4, -0.2) is 11.1 Å². The summed E-state index contributed by atoms with van der Waals surface area (Å²) in [5.74, 6) is 0. The van der Waals surface area contributed by atoms with Crippen LogP contribution in [0.4, 0.5) is 11.4 Å². The Kier molecular flexibility index (Phi) is 3.87. The minimum Gasteiger partial charge on any atom is -0.279 e. The number of nitro benzene ring substituents is 1. The lowest BCUT2D eigenvalue weighted by atomic mass is 10.2. The Labute approximate surface area is 110 Å². The van der Waals surface area contributed by atoms with Crippen LogP contribution >= 0.6 is 0 Å². The predicted molar refractivity (Wildman–Crippen MR) is 75.5 cm³/mol. The molecule has 5 heteroatoms. The lowest BCUT2D eigenvalue weighted by Gasteiger charge is -2.00. The first-order chi connectivity index (χ1) is 9.15. The van der Waals surface area contributed by atoms with Crippen molar-refractivity contribution in [3.05, 3.63) is 69.8 Å². The van der Waals surface area contributed by atoms with Crippen molar-refractivity contribution in [2.75, 3.05) is 5.43 Å². The van der Waals surface area contributed by atoms with Gasteiger partial charge < -0.3 is 0 Å². The van der Waals surface area contributed by atoms with Crippen LogP contribution in [0.1, 0.15) is 11.1 Å². The zero-order valence-electron chi connectivity index (χ0n) is 10.4. The molecule has 2 rings (SSSR count). The number of hydrogen-bond donors (Lipinski definition) is 1. The summed E-state index contributed by atoms with van der Waals surface area (Å²) in [5.41, 5.74) is 5.64. The van der Waals surface area contributed by atoms with Gasteiger partial charge in [0.1, 0.15) is 0 Å². The van der Waals surface area contributed by atoms with Crippen molar-refractivity contribution in [3.63, 3.8) is 0 Å². The third kappa shape index (κ3) is 3.64. The zero-order chi connectivity index (χ0) is 13.7. The lowest BCUT2D eigenvalue weighted by molar-refractivity contribution is -0.384. The summed E-state index contributed by atoms with van der Waals surface area (Å²) in [4.78, 5) is 10.2. The minimum absolute atomic E-state index is 0.0549. The van der Waals surface area contributed by atoms with Crippen LogP contribution in [0.15, 0.2) is 53.6 Å². The number of nitrogens with one attached hydrogen (secondary N) is 1. The molecule has 0 atom stereocenters. The molecular weight excluding hydrogens is 242 g/mol. The summed E-state index contributed by atoms with van der Waals surface area (Å²) in [7, 11) is 0. The Bertz CT molecular complexity index is 606. The van der Waals surface area contributed by atoms with Gasteiger partial charge >= 0.3 is 0 Å². The van der Waals surface area contributed by atoms with E-state index in [9.17, 15) is 10.1 Å². The van der Waals surface area contributed by atoms with E-state index in [1.807, 2.05) is 31.2 Å². The maximum absolute atomic E-state index is 10.6. The van der Waals surface area contributed by atoms with Crippen LogP contribution in [0.2, 0.25) is 0 Å². The second-order valence-electron chi connectivity index (χ2n) is 4.09. The van der Waals surface area contributed by atoms with Crippen molar-refractivity contribution in [3.8, 4) is 0 Å². The molecule has 0 unspecified atom stereocenters. The molecule has 1 N–H and O–H groups in total. The topological polar surface area (TPSA) is 67.5 Å². The quantitative estimate of drug-likeness (QED) is 0.517. The van der Waals surface area contributed by atoms with Crippen molar-refractivity contribution in [2.45, 2.75) is 6.92 Å². The molecule has 0 aromatic heterocycles. The van der Waals surface area contributed by atoms with Gasteiger partial charge in [-0.25, -0.2) is 0 Å². The van der Waals surface area contributed by atoms with E-state index in [1.54, 1.807) is 18.3 Å². The molecule has 0 spiro atoms. The molecule has 19 heavy (non-hydrogen) atoms. The largest absolute Gasteiger partial charge is 0.279 e.